The molecule has 24 heavy (non-hydrogen) atoms. The molecule has 1 aromatic rings. The lowest BCUT2D eigenvalue weighted by Gasteiger charge is -2.34. The van der Waals surface area contributed by atoms with Gasteiger partial charge < -0.3 is 10.6 Å². The molecule has 2 amide bonds. The number of hydrogen-bond acceptors (Lipinski definition) is 4. The fourth-order valence-electron chi connectivity index (χ4n) is 2.75. The first kappa shape index (κ1) is 18.4. The van der Waals surface area contributed by atoms with Crippen LogP contribution in [0, 0.1) is 0 Å². The molecule has 1 heterocycles. The molecule has 1 aliphatic heterocycles. The van der Waals surface area contributed by atoms with Crippen molar-refractivity contribution in [1.82, 2.24) is 20.4 Å². The summed E-state index contributed by atoms with van der Waals surface area (Å²) in [5.41, 5.74) is 1.34. The molecule has 6 heteroatoms. The number of amides is 2. The average Bonchev–Trinajstić information content (AvgIpc) is 2.56. The van der Waals surface area contributed by atoms with E-state index in [2.05, 4.69) is 44.7 Å². The molecule has 1 saturated heterocycles. The van der Waals surface area contributed by atoms with Gasteiger partial charge in [0.1, 0.15) is 0 Å². The molecule has 6 nitrogen and oxygen atoms in total. The fraction of sp³-hybridized carbons (Fsp3) is 0.556. The van der Waals surface area contributed by atoms with Crippen molar-refractivity contribution < 1.29 is 9.59 Å². The second-order valence-electron chi connectivity index (χ2n) is 6.49. The van der Waals surface area contributed by atoms with E-state index in [1.807, 2.05) is 19.9 Å². The Morgan fingerprint density at radius 2 is 1.62 bits per heavy atom. The van der Waals surface area contributed by atoms with Crippen LogP contribution >= 0.6 is 0 Å². The van der Waals surface area contributed by atoms with Gasteiger partial charge in [0.2, 0.25) is 0 Å². The van der Waals surface area contributed by atoms with Crippen molar-refractivity contribution in [2.24, 2.45) is 0 Å². The Morgan fingerprint density at radius 1 is 1.00 bits per heavy atom. The van der Waals surface area contributed by atoms with Gasteiger partial charge in [-0.15, -0.1) is 0 Å². The highest BCUT2D eigenvalue weighted by Crippen LogP contribution is 2.07. The Bertz CT molecular complexity index is 525. The van der Waals surface area contributed by atoms with Crippen LogP contribution in [0.3, 0.4) is 0 Å². The van der Waals surface area contributed by atoms with Crippen LogP contribution in [-0.2, 0) is 16.1 Å². The Labute approximate surface area is 144 Å². The van der Waals surface area contributed by atoms with E-state index in [0.717, 1.165) is 39.3 Å². The lowest BCUT2D eigenvalue weighted by Crippen LogP contribution is -2.49. The van der Waals surface area contributed by atoms with Crippen molar-refractivity contribution >= 4 is 11.8 Å². The fourth-order valence-corrected chi connectivity index (χ4v) is 2.75. The standard InChI is InChI=1S/C18H28N4O2/c1-15(2)20-18(24)17(23)19-8-9-21-10-12-22(13-11-21)14-16-6-4-3-5-7-16/h3-7,15H,8-14H2,1-2H3,(H,19,23)(H,20,24). The van der Waals surface area contributed by atoms with Gasteiger partial charge in [0.05, 0.1) is 0 Å². The molecule has 0 saturated carbocycles. The summed E-state index contributed by atoms with van der Waals surface area (Å²) in [7, 11) is 0. The molecule has 0 spiro atoms. The minimum absolute atomic E-state index is 0.0269. The van der Waals surface area contributed by atoms with E-state index >= 15 is 0 Å². The van der Waals surface area contributed by atoms with Crippen LogP contribution in [0.4, 0.5) is 0 Å². The van der Waals surface area contributed by atoms with E-state index in [0.29, 0.717) is 6.54 Å². The van der Waals surface area contributed by atoms with Crippen molar-refractivity contribution in [3.8, 4) is 0 Å². The van der Waals surface area contributed by atoms with Gasteiger partial charge in [0, 0.05) is 51.9 Å². The summed E-state index contributed by atoms with van der Waals surface area (Å²) in [6, 6.07) is 10.5. The quantitative estimate of drug-likeness (QED) is 0.742. The first-order valence-electron chi connectivity index (χ1n) is 8.62. The molecule has 2 N–H and O–H groups in total. The number of piperazine rings is 1. The van der Waals surface area contributed by atoms with Gasteiger partial charge in [-0.25, -0.2) is 0 Å². The third-order valence-electron chi connectivity index (χ3n) is 4.05. The molecular weight excluding hydrogens is 304 g/mol. The lowest BCUT2D eigenvalue weighted by molar-refractivity contribution is -0.139. The molecule has 0 aliphatic carbocycles. The second-order valence-corrected chi connectivity index (χ2v) is 6.49. The van der Waals surface area contributed by atoms with Crippen LogP contribution in [0.5, 0.6) is 0 Å². The molecule has 0 aromatic heterocycles. The lowest BCUT2D eigenvalue weighted by atomic mass is 10.2. The predicted molar refractivity (Wildman–Crippen MR) is 94.4 cm³/mol. The van der Waals surface area contributed by atoms with Gasteiger partial charge in [-0.3, -0.25) is 19.4 Å². The highest BCUT2D eigenvalue weighted by atomic mass is 16.2. The van der Waals surface area contributed by atoms with Crippen molar-refractivity contribution in [2.75, 3.05) is 39.3 Å². The predicted octanol–water partition coefficient (Wildman–Crippen LogP) is 0.445. The van der Waals surface area contributed by atoms with Gasteiger partial charge in [0.25, 0.3) is 0 Å². The number of carbonyl (C=O) groups is 2. The third-order valence-corrected chi connectivity index (χ3v) is 4.05. The van der Waals surface area contributed by atoms with Crippen LogP contribution in [0.25, 0.3) is 0 Å². The number of hydrogen-bond donors (Lipinski definition) is 2. The van der Waals surface area contributed by atoms with Crippen molar-refractivity contribution in [1.29, 1.82) is 0 Å². The monoisotopic (exact) mass is 332 g/mol. The topological polar surface area (TPSA) is 64.7 Å². The first-order valence-corrected chi connectivity index (χ1v) is 8.62. The van der Waals surface area contributed by atoms with Crippen molar-refractivity contribution in [3.05, 3.63) is 35.9 Å². The highest BCUT2D eigenvalue weighted by Gasteiger charge is 2.18. The number of carbonyl (C=O) groups excluding carboxylic acids is 2. The molecule has 1 aliphatic rings. The Balaban J connectivity index is 1.61. The number of rotatable bonds is 6. The number of nitrogens with zero attached hydrogens (tertiary/aromatic N) is 2. The van der Waals surface area contributed by atoms with Gasteiger partial charge in [-0.2, -0.15) is 0 Å². The van der Waals surface area contributed by atoms with Gasteiger partial charge in [-0.1, -0.05) is 30.3 Å². The zero-order valence-electron chi connectivity index (χ0n) is 14.6. The smallest absolute Gasteiger partial charge is 0.309 e. The minimum Gasteiger partial charge on any atom is -0.347 e. The normalized spacial score (nSPS) is 16.1. The number of nitrogens with one attached hydrogen (secondary N) is 2. The third kappa shape index (κ3) is 6.29. The largest absolute Gasteiger partial charge is 0.347 e. The summed E-state index contributed by atoms with van der Waals surface area (Å²) in [6.07, 6.45) is 0. The van der Waals surface area contributed by atoms with E-state index in [1.165, 1.54) is 5.56 Å². The number of benzene rings is 1. The Hall–Kier alpha value is -1.92. The Kier molecular flexibility index (Phi) is 7.21. The molecule has 132 valence electrons. The molecule has 0 unspecified atom stereocenters. The van der Waals surface area contributed by atoms with Crippen LogP contribution in [-0.4, -0.2) is 66.9 Å². The van der Waals surface area contributed by atoms with E-state index in [4.69, 9.17) is 0 Å². The Morgan fingerprint density at radius 3 is 2.25 bits per heavy atom. The maximum atomic E-state index is 11.6. The van der Waals surface area contributed by atoms with Crippen LogP contribution in [0.15, 0.2) is 30.3 Å². The summed E-state index contributed by atoms with van der Waals surface area (Å²) in [5, 5.41) is 5.27. The maximum Gasteiger partial charge on any atom is 0.309 e. The summed E-state index contributed by atoms with van der Waals surface area (Å²) < 4.78 is 0. The van der Waals surface area contributed by atoms with Crippen LogP contribution < -0.4 is 10.6 Å². The van der Waals surface area contributed by atoms with Gasteiger partial charge in [0.15, 0.2) is 0 Å². The maximum absolute atomic E-state index is 11.6. The zero-order valence-corrected chi connectivity index (χ0v) is 14.6. The molecule has 0 radical (unpaired) electrons. The summed E-state index contributed by atoms with van der Waals surface area (Å²) in [6.45, 7) is 9.96. The van der Waals surface area contributed by atoms with Crippen LogP contribution in [0.1, 0.15) is 19.4 Å². The van der Waals surface area contributed by atoms with Gasteiger partial charge in [-0.05, 0) is 19.4 Å². The SMILES string of the molecule is CC(C)NC(=O)C(=O)NCCN1CCN(Cc2ccccc2)CC1. The molecular formula is C18H28N4O2. The highest BCUT2D eigenvalue weighted by molar-refractivity contribution is 6.35. The minimum atomic E-state index is -0.558. The van der Waals surface area contributed by atoms with Crippen molar-refractivity contribution in [2.45, 2.75) is 26.4 Å². The molecule has 1 aromatic carbocycles. The van der Waals surface area contributed by atoms with Crippen LogP contribution in [0.2, 0.25) is 0 Å². The summed E-state index contributed by atoms with van der Waals surface area (Å²) in [4.78, 5) is 27.9. The van der Waals surface area contributed by atoms with E-state index in [1.54, 1.807) is 0 Å². The van der Waals surface area contributed by atoms with Crippen molar-refractivity contribution in [3.63, 3.8) is 0 Å². The average molecular weight is 332 g/mol. The molecule has 0 bridgehead atoms. The molecule has 0 atom stereocenters. The zero-order chi connectivity index (χ0) is 17.4. The van der Waals surface area contributed by atoms with E-state index in [-0.39, 0.29) is 6.04 Å². The summed E-state index contributed by atoms with van der Waals surface area (Å²) in [5.74, 6) is -1.11. The van der Waals surface area contributed by atoms with E-state index in [9.17, 15) is 9.59 Å². The molecule has 1 fully saturated rings. The first-order chi connectivity index (χ1) is 11.5. The summed E-state index contributed by atoms with van der Waals surface area (Å²) >= 11 is 0. The second kappa shape index (κ2) is 9.39. The van der Waals surface area contributed by atoms with Gasteiger partial charge >= 0.3 is 11.8 Å². The van der Waals surface area contributed by atoms with E-state index < -0.39 is 11.8 Å². The molecule has 2 rings (SSSR count).